The number of rotatable bonds is 5. The van der Waals surface area contributed by atoms with E-state index >= 15 is 0 Å². The topological polar surface area (TPSA) is 52.2 Å². The maximum Gasteiger partial charge on any atom is 0.191 e. The van der Waals surface area contributed by atoms with Crippen molar-refractivity contribution in [2.24, 2.45) is 4.99 Å². The molecular weight excluding hydrogens is 447 g/mol. The molecule has 0 spiro atoms. The number of aliphatic imine (C=N–C) groups is 1. The molecule has 5 heteroatoms. The van der Waals surface area contributed by atoms with Crippen LogP contribution < -0.4 is 10.6 Å². The number of guanidine groups is 1. The maximum absolute atomic E-state index is 4.38. The molecular formula is C22H27IN4. The Morgan fingerprint density at radius 2 is 1.96 bits per heavy atom. The Kier molecular flexibility index (Phi) is 6.42. The number of nitrogens with one attached hydrogen (secondary N) is 3. The number of hydrogen-bond acceptors (Lipinski definition) is 1. The van der Waals surface area contributed by atoms with Crippen LogP contribution in [0.3, 0.4) is 0 Å². The summed E-state index contributed by atoms with van der Waals surface area (Å²) >= 11 is 0. The van der Waals surface area contributed by atoms with E-state index in [4.69, 9.17) is 0 Å². The molecule has 0 radical (unpaired) electrons. The van der Waals surface area contributed by atoms with Gasteiger partial charge in [0.05, 0.1) is 0 Å². The van der Waals surface area contributed by atoms with Crippen molar-refractivity contribution in [3.8, 4) is 0 Å². The Morgan fingerprint density at radius 1 is 1.15 bits per heavy atom. The summed E-state index contributed by atoms with van der Waals surface area (Å²) in [5, 5.41) is 8.36. The summed E-state index contributed by atoms with van der Waals surface area (Å²) in [5.74, 6) is 1.50. The number of nitrogens with zero attached hydrogens (tertiary/aromatic N) is 1. The summed E-state index contributed by atoms with van der Waals surface area (Å²) < 4.78 is 0. The van der Waals surface area contributed by atoms with Crippen LogP contribution in [-0.2, 0) is 6.42 Å². The monoisotopic (exact) mass is 474 g/mol. The minimum atomic E-state index is 0. The van der Waals surface area contributed by atoms with Gasteiger partial charge in [0, 0.05) is 42.7 Å². The van der Waals surface area contributed by atoms with Gasteiger partial charge < -0.3 is 15.6 Å². The van der Waals surface area contributed by atoms with E-state index in [1.807, 2.05) is 7.05 Å². The Balaban J connectivity index is 0.00000210. The molecule has 0 amide bonds. The van der Waals surface area contributed by atoms with Crippen molar-refractivity contribution in [3.63, 3.8) is 0 Å². The predicted molar refractivity (Wildman–Crippen MR) is 124 cm³/mol. The van der Waals surface area contributed by atoms with E-state index in [9.17, 15) is 0 Å². The van der Waals surface area contributed by atoms with Gasteiger partial charge in [-0.05, 0) is 42.5 Å². The molecule has 4 rings (SSSR count). The number of benzene rings is 2. The van der Waals surface area contributed by atoms with E-state index in [0.29, 0.717) is 12.0 Å². The first-order valence-corrected chi connectivity index (χ1v) is 9.34. The molecule has 2 atom stereocenters. The number of H-pyrrole nitrogens is 1. The quantitative estimate of drug-likeness (QED) is 0.293. The van der Waals surface area contributed by atoms with E-state index < -0.39 is 0 Å². The minimum Gasteiger partial charge on any atom is -0.361 e. The zero-order valence-electron chi connectivity index (χ0n) is 15.8. The smallest absolute Gasteiger partial charge is 0.191 e. The van der Waals surface area contributed by atoms with Crippen LogP contribution in [-0.4, -0.2) is 30.6 Å². The van der Waals surface area contributed by atoms with Gasteiger partial charge >= 0.3 is 0 Å². The Labute approximate surface area is 177 Å². The van der Waals surface area contributed by atoms with E-state index in [2.05, 4.69) is 82.3 Å². The van der Waals surface area contributed by atoms with Gasteiger partial charge in [0.15, 0.2) is 5.96 Å². The van der Waals surface area contributed by atoms with Crippen molar-refractivity contribution >= 4 is 40.8 Å². The van der Waals surface area contributed by atoms with Gasteiger partial charge in [-0.2, -0.15) is 0 Å². The molecule has 1 heterocycles. The lowest BCUT2D eigenvalue weighted by molar-refractivity contribution is 0.781. The van der Waals surface area contributed by atoms with Gasteiger partial charge in [-0.15, -0.1) is 24.0 Å². The molecule has 0 saturated heterocycles. The zero-order chi connectivity index (χ0) is 17.9. The van der Waals surface area contributed by atoms with Crippen LogP contribution in [0.1, 0.15) is 29.0 Å². The van der Waals surface area contributed by atoms with Gasteiger partial charge in [-0.3, -0.25) is 4.99 Å². The SMILES string of the molecule is CN=C(NCCc1c[nH]c2cccc(C)c12)NC1CC1c1ccccc1.I. The summed E-state index contributed by atoms with van der Waals surface area (Å²) in [6.07, 6.45) is 4.27. The summed E-state index contributed by atoms with van der Waals surface area (Å²) in [6.45, 7) is 3.04. The molecule has 1 aliphatic carbocycles. The third-order valence-electron chi connectivity index (χ3n) is 5.25. The Bertz CT molecular complexity index is 916. The number of fused-ring (bicyclic) bond motifs is 1. The molecule has 2 unspecified atom stereocenters. The highest BCUT2D eigenvalue weighted by atomic mass is 127. The van der Waals surface area contributed by atoms with Crippen LogP contribution in [0.2, 0.25) is 0 Å². The normalized spacial score (nSPS) is 18.8. The van der Waals surface area contributed by atoms with E-state index in [0.717, 1.165) is 18.9 Å². The third kappa shape index (κ3) is 4.46. The lowest BCUT2D eigenvalue weighted by Crippen LogP contribution is -2.39. The molecule has 0 aliphatic heterocycles. The standard InChI is InChI=1S/C22H26N4.HI/c1-15-7-6-10-19-21(15)17(14-25-19)11-12-24-22(23-2)26-20-13-18(20)16-8-4-3-5-9-16;/h3-10,14,18,20,25H,11-13H2,1-2H3,(H2,23,24,26);1H. The van der Waals surface area contributed by atoms with Crippen molar-refractivity contribution in [3.05, 3.63) is 71.4 Å². The molecule has 142 valence electrons. The second kappa shape index (κ2) is 8.78. The highest BCUT2D eigenvalue weighted by Crippen LogP contribution is 2.40. The van der Waals surface area contributed by atoms with E-state index in [1.54, 1.807) is 0 Å². The highest BCUT2D eigenvalue weighted by molar-refractivity contribution is 14.0. The second-order valence-corrected chi connectivity index (χ2v) is 7.06. The summed E-state index contributed by atoms with van der Waals surface area (Å²) in [4.78, 5) is 7.76. The minimum absolute atomic E-state index is 0. The fourth-order valence-corrected chi connectivity index (χ4v) is 3.76. The Morgan fingerprint density at radius 3 is 2.74 bits per heavy atom. The first-order chi connectivity index (χ1) is 12.8. The van der Waals surface area contributed by atoms with Gasteiger partial charge in [0.2, 0.25) is 0 Å². The lowest BCUT2D eigenvalue weighted by Gasteiger charge is -2.12. The van der Waals surface area contributed by atoms with Gasteiger partial charge in [0.25, 0.3) is 0 Å². The van der Waals surface area contributed by atoms with Crippen LogP contribution >= 0.6 is 24.0 Å². The summed E-state index contributed by atoms with van der Waals surface area (Å²) in [6, 6.07) is 17.6. The fourth-order valence-electron chi connectivity index (χ4n) is 3.76. The number of aryl methyl sites for hydroxylation is 1. The number of halogens is 1. The number of hydrogen-bond donors (Lipinski definition) is 3. The van der Waals surface area contributed by atoms with Gasteiger partial charge in [0.1, 0.15) is 0 Å². The molecule has 1 aliphatic rings. The number of aromatic nitrogens is 1. The molecule has 4 nitrogen and oxygen atoms in total. The molecule has 0 bridgehead atoms. The highest BCUT2D eigenvalue weighted by Gasteiger charge is 2.38. The van der Waals surface area contributed by atoms with Crippen molar-refractivity contribution in [2.45, 2.75) is 31.7 Å². The molecule has 2 aromatic carbocycles. The number of aromatic amines is 1. The van der Waals surface area contributed by atoms with Crippen LogP contribution in [0.5, 0.6) is 0 Å². The van der Waals surface area contributed by atoms with Crippen LogP contribution in [0.15, 0.2) is 59.7 Å². The van der Waals surface area contributed by atoms with Crippen LogP contribution in [0, 0.1) is 6.92 Å². The van der Waals surface area contributed by atoms with Crippen LogP contribution in [0.25, 0.3) is 10.9 Å². The van der Waals surface area contributed by atoms with Gasteiger partial charge in [-0.25, -0.2) is 0 Å². The Hall–Kier alpha value is -2.02. The maximum atomic E-state index is 4.38. The zero-order valence-corrected chi connectivity index (χ0v) is 18.2. The van der Waals surface area contributed by atoms with Crippen molar-refractivity contribution < 1.29 is 0 Å². The predicted octanol–water partition coefficient (Wildman–Crippen LogP) is 4.36. The third-order valence-corrected chi connectivity index (χ3v) is 5.25. The van der Waals surface area contributed by atoms with Crippen molar-refractivity contribution in [1.29, 1.82) is 0 Å². The summed E-state index contributed by atoms with van der Waals surface area (Å²) in [5.41, 5.74) is 5.31. The second-order valence-electron chi connectivity index (χ2n) is 7.06. The van der Waals surface area contributed by atoms with Crippen LogP contribution in [0.4, 0.5) is 0 Å². The molecule has 3 aromatic rings. The van der Waals surface area contributed by atoms with Crippen molar-refractivity contribution in [1.82, 2.24) is 15.6 Å². The van der Waals surface area contributed by atoms with E-state index in [1.165, 1.54) is 34.0 Å². The molecule has 1 aromatic heterocycles. The molecule has 1 fully saturated rings. The molecule has 1 saturated carbocycles. The van der Waals surface area contributed by atoms with Gasteiger partial charge in [-0.1, -0.05) is 42.5 Å². The average Bonchev–Trinajstić information content (AvgIpc) is 3.32. The first-order valence-electron chi connectivity index (χ1n) is 9.34. The van der Waals surface area contributed by atoms with Crippen molar-refractivity contribution in [2.75, 3.05) is 13.6 Å². The molecule has 3 N–H and O–H groups in total. The van der Waals surface area contributed by atoms with E-state index in [-0.39, 0.29) is 24.0 Å². The largest absolute Gasteiger partial charge is 0.361 e. The first kappa shape index (κ1) is 19.7. The fraction of sp³-hybridized carbons (Fsp3) is 0.318. The average molecular weight is 474 g/mol. The lowest BCUT2D eigenvalue weighted by atomic mass is 10.1. The molecule has 27 heavy (non-hydrogen) atoms. The summed E-state index contributed by atoms with van der Waals surface area (Å²) in [7, 11) is 1.84.